The zero-order chi connectivity index (χ0) is 11.4. The highest BCUT2D eigenvalue weighted by Crippen LogP contribution is 2.34. The molecule has 0 spiro atoms. The molecule has 0 atom stereocenters. The summed E-state index contributed by atoms with van der Waals surface area (Å²) in [4.78, 5) is 10.9. The van der Waals surface area contributed by atoms with E-state index in [0.717, 1.165) is 0 Å². The Bertz CT molecular complexity index is 350. The van der Waals surface area contributed by atoms with E-state index in [1.165, 1.54) is 38.4 Å². The summed E-state index contributed by atoms with van der Waals surface area (Å²) in [7, 11) is 1.30. The monoisotopic (exact) mass is 220 g/mol. The van der Waals surface area contributed by atoms with Crippen LogP contribution in [-0.4, -0.2) is 13.3 Å². The van der Waals surface area contributed by atoms with Crippen molar-refractivity contribution in [2.45, 2.75) is 31.6 Å². The van der Waals surface area contributed by atoms with Crippen LogP contribution in [-0.2, 0) is 4.74 Å². The Morgan fingerprint density at radius 2 is 1.81 bits per heavy atom. The average molecular weight is 220 g/mol. The Hall–Kier alpha value is -1.51. The third-order valence-corrected chi connectivity index (χ3v) is 3.07. The van der Waals surface area contributed by atoms with Crippen molar-refractivity contribution in [1.82, 2.24) is 0 Å². The fraction of sp³-hybridized carbons (Fsp3) is 0.462. The van der Waals surface area contributed by atoms with Gasteiger partial charge in [-0.2, -0.15) is 0 Å². The second-order valence-corrected chi connectivity index (χ2v) is 4.11. The lowest BCUT2D eigenvalue weighted by molar-refractivity contribution is 0.121. The first-order valence-electron chi connectivity index (χ1n) is 5.65. The maximum Gasteiger partial charge on any atom is 0.513 e. The maximum atomic E-state index is 10.9. The van der Waals surface area contributed by atoms with Crippen LogP contribution in [0.5, 0.6) is 5.75 Å². The Morgan fingerprint density at radius 3 is 2.38 bits per heavy atom. The van der Waals surface area contributed by atoms with Crippen LogP contribution in [0.2, 0.25) is 0 Å². The minimum absolute atomic E-state index is 0.536. The molecule has 0 bridgehead atoms. The van der Waals surface area contributed by atoms with Crippen molar-refractivity contribution in [3.05, 3.63) is 29.8 Å². The molecule has 86 valence electrons. The van der Waals surface area contributed by atoms with Gasteiger partial charge in [-0.1, -0.05) is 25.0 Å². The molecule has 1 aromatic rings. The van der Waals surface area contributed by atoms with E-state index >= 15 is 0 Å². The third-order valence-electron chi connectivity index (χ3n) is 3.07. The van der Waals surface area contributed by atoms with E-state index in [-0.39, 0.29) is 0 Å². The summed E-state index contributed by atoms with van der Waals surface area (Å²) in [5.41, 5.74) is 1.34. The van der Waals surface area contributed by atoms with Gasteiger partial charge in [0.1, 0.15) is 5.75 Å². The van der Waals surface area contributed by atoms with Crippen LogP contribution in [0, 0.1) is 0 Å². The van der Waals surface area contributed by atoms with Gasteiger partial charge in [-0.25, -0.2) is 4.79 Å². The molecular formula is C13H16O3. The van der Waals surface area contributed by atoms with Crippen LogP contribution < -0.4 is 4.74 Å². The van der Waals surface area contributed by atoms with Crippen molar-refractivity contribution in [3.63, 3.8) is 0 Å². The summed E-state index contributed by atoms with van der Waals surface area (Å²) in [6, 6.07) is 7.72. The summed E-state index contributed by atoms with van der Waals surface area (Å²) < 4.78 is 9.34. The average Bonchev–Trinajstić information content (AvgIpc) is 2.83. The van der Waals surface area contributed by atoms with Gasteiger partial charge in [0, 0.05) is 0 Å². The second-order valence-electron chi connectivity index (χ2n) is 4.11. The molecule has 1 aliphatic rings. The Labute approximate surface area is 95.4 Å². The molecule has 0 heterocycles. The molecule has 0 N–H and O–H groups in total. The van der Waals surface area contributed by atoms with E-state index in [1.807, 2.05) is 24.3 Å². The van der Waals surface area contributed by atoms with Crippen molar-refractivity contribution < 1.29 is 14.3 Å². The van der Waals surface area contributed by atoms with Crippen molar-refractivity contribution >= 4 is 6.16 Å². The molecule has 16 heavy (non-hydrogen) atoms. The first-order chi connectivity index (χ1) is 7.79. The van der Waals surface area contributed by atoms with Crippen LogP contribution >= 0.6 is 0 Å². The van der Waals surface area contributed by atoms with Gasteiger partial charge >= 0.3 is 6.16 Å². The van der Waals surface area contributed by atoms with Crippen LogP contribution in [0.3, 0.4) is 0 Å². The number of hydrogen-bond donors (Lipinski definition) is 0. The smallest absolute Gasteiger partial charge is 0.437 e. The zero-order valence-electron chi connectivity index (χ0n) is 9.44. The van der Waals surface area contributed by atoms with Gasteiger partial charge in [-0.05, 0) is 36.5 Å². The molecule has 1 saturated carbocycles. The molecule has 0 aliphatic heterocycles. The van der Waals surface area contributed by atoms with Crippen molar-refractivity contribution in [3.8, 4) is 5.75 Å². The minimum Gasteiger partial charge on any atom is -0.437 e. The summed E-state index contributed by atoms with van der Waals surface area (Å²) >= 11 is 0. The first kappa shape index (κ1) is 11.0. The van der Waals surface area contributed by atoms with Gasteiger partial charge < -0.3 is 9.47 Å². The van der Waals surface area contributed by atoms with Gasteiger partial charge in [-0.3, -0.25) is 0 Å². The largest absolute Gasteiger partial charge is 0.513 e. The van der Waals surface area contributed by atoms with Crippen LogP contribution in [0.15, 0.2) is 24.3 Å². The van der Waals surface area contributed by atoms with Gasteiger partial charge in [0.15, 0.2) is 0 Å². The quantitative estimate of drug-likeness (QED) is 0.565. The molecule has 2 rings (SSSR count). The molecule has 0 unspecified atom stereocenters. The molecule has 1 aliphatic carbocycles. The first-order valence-corrected chi connectivity index (χ1v) is 5.65. The number of carbonyl (C=O) groups is 1. The lowest BCUT2D eigenvalue weighted by Gasteiger charge is -2.09. The van der Waals surface area contributed by atoms with Gasteiger partial charge in [0.05, 0.1) is 7.11 Å². The van der Waals surface area contributed by atoms with Crippen LogP contribution in [0.25, 0.3) is 0 Å². The molecule has 1 aromatic carbocycles. The number of rotatable bonds is 2. The molecule has 0 amide bonds. The Morgan fingerprint density at radius 1 is 1.19 bits per heavy atom. The molecule has 3 heteroatoms. The van der Waals surface area contributed by atoms with Crippen molar-refractivity contribution in [2.24, 2.45) is 0 Å². The lowest BCUT2D eigenvalue weighted by Crippen LogP contribution is -2.07. The number of carbonyl (C=O) groups excluding carboxylic acids is 1. The van der Waals surface area contributed by atoms with Gasteiger partial charge in [0.2, 0.25) is 0 Å². The number of ether oxygens (including phenoxy) is 2. The number of hydrogen-bond acceptors (Lipinski definition) is 3. The highest BCUT2D eigenvalue weighted by atomic mass is 16.7. The third kappa shape index (κ3) is 2.54. The van der Waals surface area contributed by atoms with E-state index in [9.17, 15) is 4.79 Å². The SMILES string of the molecule is COC(=O)Oc1ccc(C2CCCC2)cc1. The van der Waals surface area contributed by atoms with E-state index in [0.29, 0.717) is 11.7 Å². The highest BCUT2D eigenvalue weighted by molar-refractivity contribution is 5.63. The molecule has 0 radical (unpaired) electrons. The van der Waals surface area contributed by atoms with E-state index in [4.69, 9.17) is 4.74 Å². The minimum atomic E-state index is -0.673. The summed E-state index contributed by atoms with van der Waals surface area (Å²) in [5.74, 6) is 1.22. The second kappa shape index (κ2) is 5.01. The van der Waals surface area contributed by atoms with Gasteiger partial charge in [0.25, 0.3) is 0 Å². The van der Waals surface area contributed by atoms with Crippen LogP contribution in [0.4, 0.5) is 4.79 Å². The number of methoxy groups -OCH3 is 1. The molecule has 0 saturated heterocycles. The topological polar surface area (TPSA) is 35.5 Å². The molecule has 1 fully saturated rings. The standard InChI is InChI=1S/C13H16O3/c1-15-13(14)16-12-8-6-11(7-9-12)10-4-2-3-5-10/h6-10H,2-5H2,1H3. The molecule has 0 aromatic heterocycles. The lowest BCUT2D eigenvalue weighted by atomic mass is 9.98. The molecular weight excluding hydrogens is 204 g/mol. The predicted molar refractivity (Wildman–Crippen MR) is 60.7 cm³/mol. The van der Waals surface area contributed by atoms with E-state index in [2.05, 4.69) is 4.74 Å². The summed E-state index contributed by atoms with van der Waals surface area (Å²) in [5, 5.41) is 0. The molecule has 3 nitrogen and oxygen atoms in total. The zero-order valence-corrected chi connectivity index (χ0v) is 9.44. The van der Waals surface area contributed by atoms with Gasteiger partial charge in [-0.15, -0.1) is 0 Å². The van der Waals surface area contributed by atoms with E-state index < -0.39 is 6.16 Å². The van der Waals surface area contributed by atoms with Crippen molar-refractivity contribution in [1.29, 1.82) is 0 Å². The normalized spacial score (nSPS) is 16.1. The Balaban J connectivity index is 2.01. The Kier molecular flexibility index (Phi) is 3.44. The summed E-state index contributed by atoms with van der Waals surface area (Å²) in [6.45, 7) is 0. The summed E-state index contributed by atoms with van der Waals surface area (Å²) in [6.07, 6.45) is 4.53. The highest BCUT2D eigenvalue weighted by Gasteiger charge is 2.16. The maximum absolute atomic E-state index is 10.9. The fourth-order valence-corrected chi connectivity index (χ4v) is 2.21. The van der Waals surface area contributed by atoms with E-state index in [1.54, 1.807) is 0 Å². The van der Waals surface area contributed by atoms with Crippen molar-refractivity contribution in [2.75, 3.05) is 7.11 Å². The predicted octanol–water partition coefficient (Wildman–Crippen LogP) is 3.49. The van der Waals surface area contributed by atoms with Crippen LogP contribution in [0.1, 0.15) is 37.2 Å². The fourth-order valence-electron chi connectivity index (χ4n) is 2.21. The number of benzene rings is 1.